The lowest BCUT2D eigenvalue weighted by atomic mass is 10.00. The number of carbonyl (C=O) groups is 3. The summed E-state index contributed by atoms with van der Waals surface area (Å²) in [7, 11) is 1.16. The molecule has 2 atom stereocenters. The van der Waals surface area contributed by atoms with Gasteiger partial charge in [0.15, 0.2) is 5.71 Å². The van der Waals surface area contributed by atoms with E-state index in [-0.39, 0.29) is 5.71 Å². The van der Waals surface area contributed by atoms with Crippen molar-refractivity contribution in [3.05, 3.63) is 29.3 Å². The molecule has 8 heteroatoms. The van der Waals surface area contributed by atoms with E-state index < -0.39 is 29.8 Å². The number of methoxy groups -OCH3 is 1. The molecule has 2 aliphatic heterocycles. The number of oxime groups is 1. The van der Waals surface area contributed by atoms with Gasteiger partial charge in [0.05, 0.1) is 12.8 Å². The first kappa shape index (κ1) is 13.6. The normalized spacial score (nSPS) is 23.7. The Bertz CT molecular complexity index is 670. The second-order valence-electron chi connectivity index (χ2n) is 4.46. The predicted molar refractivity (Wildman–Crippen MR) is 71.8 cm³/mol. The number of halogens is 1. The number of imide groups is 1. The molecule has 21 heavy (non-hydrogen) atoms. The van der Waals surface area contributed by atoms with Crippen LogP contribution >= 0.6 is 11.6 Å². The minimum absolute atomic E-state index is 0.197. The SMILES string of the molecule is COC(=O)C1=NO[C@H]2C(=O)N(c3ccc(Cl)cc3)C(=O)[C@H]12. The molecule has 3 rings (SSSR count). The van der Waals surface area contributed by atoms with Crippen LogP contribution < -0.4 is 4.90 Å². The lowest BCUT2D eigenvalue weighted by Crippen LogP contribution is -2.34. The fourth-order valence-corrected chi connectivity index (χ4v) is 2.42. The summed E-state index contributed by atoms with van der Waals surface area (Å²) in [6.07, 6.45) is -1.12. The van der Waals surface area contributed by atoms with Gasteiger partial charge in [-0.3, -0.25) is 9.59 Å². The summed E-state index contributed by atoms with van der Waals surface area (Å²) in [5.74, 6) is -3.01. The largest absolute Gasteiger partial charge is 0.464 e. The van der Waals surface area contributed by atoms with Crippen LogP contribution in [0.15, 0.2) is 29.4 Å². The number of hydrogen-bond donors (Lipinski definition) is 0. The van der Waals surface area contributed by atoms with Gasteiger partial charge in [0.1, 0.15) is 5.92 Å². The summed E-state index contributed by atoms with van der Waals surface area (Å²) in [5, 5.41) is 3.96. The molecule has 1 saturated heterocycles. The summed E-state index contributed by atoms with van der Waals surface area (Å²) in [5.41, 5.74) is 0.161. The molecule has 0 radical (unpaired) electrons. The maximum Gasteiger partial charge on any atom is 0.356 e. The summed E-state index contributed by atoms with van der Waals surface area (Å²) >= 11 is 5.78. The van der Waals surface area contributed by atoms with E-state index in [9.17, 15) is 14.4 Å². The Kier molecular flexibility index (Phi) is 3.13. The van der Waals surface area contributed by atoms with Gasteiger partial charge in [0, 0.05) is 5.02 Å². The molecule has 2 aliphatic rings. The van der Waals surface area contributed by atoms with E-state index in [0.717, 1.165) is 12.0 Å². The van der Waals surface area contributed by atoms with Gasteiger partial charge in [-0.2, -0.15) is 0 Å². The minimum atomic E-state index is -1.12. The predicted octanol–water partition coefficient (Wildman–Crippen LogP) is 0.757. The summed E-state index contributed by atoms with van der Waals surface area (Å²) in [4.78, 5) is 42.1. The molecular formula is C13H9ClN2O5. The monoisotopic (exact) mass is 308 g/mol. The molecule has 0 aliphatic carbocycles. The molecule has 0 saturated carbocycles. The van der Waals surface area contributed by atoms with Crippen molar-refractivity contribution < 1.29 is 24.0 Å². The number of anilines is 1. The first-order valence-corrected chi connectivity index (χ1v) is 6.38. The Labute approximate surface area is 124 Å². The van der Waals surface area contributed by atoms with Crippen molar-refractivity contribution >= 4 is 40.8 Å². The van der Waals surface area contributed by atoms with Crippen LogP contribution in [0.1, 0.15) is 0 Å². The van der Waals surface area contributed by atoms with Gasteiger partial charge in [-0.15, -0.1) is 0 Å². The van der Waals surface area contributed by atoms with Crippen molar-refractivity contribution in [3.63, 3.8) is 0 Å². The minimum Gasteiger partial charge on any atom is -0.464 e. The van der Waals surface area contributed by atoms with Crippen LogP contribution in [0.4, 0.5) is 5.69 Å². The van der Waals surface area contributed by atoms with Gasteiger partial charge in [0.25, 0.3) is 5.91 Å². The topological polar surface area (TPSA) is 85.3 Å². The van der Waals surface area contributed by atoms with Crippen LogP contribution in [0.25, 0.3) is 0 Å². The first-order chi connectivity index (χ1) is 10.0. The van der Waals surface area contributed by atoms with Crippen LogP contribution in [0.2, 0.25) is 5.02 Å². The zero-order valence-corrected chi connectivity index (χ0v) is 11.5. The third-order valence-electron chi connectivity index (χ3n) is 3.29. The number of esters is 1. The van der Waals surface area contributed by atoms with Crippen LogP contribution in [-0.2, 0) is 24.0 Å². The fraction of sp³-hybridized carbons (Fsp3) is 0.231. The number of hydrogen-bond acceptors (Lipinski definition) is 6. The maximum absolute atomic E-state index is 12.4. The van der Waals surface area contributed by atoms with Crippen molar-refractivity contribution in [2.24, 2.45) is 11.1 Å². The standard InChI is InChI=1S/C13H9ClN2O5/c1-20-13(19)9-8-10(21-15-9)12(18)16(11(8)17)7-4-2-6(14)3-5-7/h2-5,8,10H,1H3/t8-,10-/m1/s1. The molecule has 2 amide bonds. The third-order valence-corrected chi connectivity index (χ3v) is 3.54. The molecule has 0 unspecified atom stereocenters. The second kappa shape index (κ2) is 4.85. The fourth-order valence-electron chi connectivity index (χ4n) is 2.30. The van der Waals surface area contributed by atoms with E-state index in [1.807, 2.05) is 0 Å². The molecule has 1 fully saturated rings. The lowest BCUT2D eigenvalue weighted by molar-refractivity contribution is -0.133. The Morgan fingerprint density at radius 2 is 1.95 bits per heavy atom. The molecule has 1 aromatic carbocycles. The van der Waals surface area contributed by atoms with Gasteiger partial charge in [0.2, 0.25) is 12.0 Å². The van der Waals surface area contributed by atoms with Crippen molar-refractivity contribution in [1.29, 1.82) is 0 Å². The van der Waals surface area contributed by atoms with Crippen LogP contribution in [0.5, 0.6) is 0 Å². The number of rotatable bonds is 2. The van der Waals surface area contributed by atoms with Gasteiger partial charge < -0.3 is 9.57 Å². The number of nitrogens with zero attached hydrogens (tertiary/aromatic N) is 2. The summed E-state index contributed by atoms with van der Waals surface area (Å²) in [6.45, 7) is 0. The smallest absolute Gasteiger partial charge is 0.356 e. The van der Waals surface area contributed by atoms with Crippen LogP contribution in [0.3, 0.4) is 0 Å². The highest BCUT2D eigenvalue weighted by Gasteiger charge is 2.57. The average molecular weight is 309 g/mol. The molecule has 108 valence electrons. The van der Waals surface area contributed by atoms with Crippen LogP contribution in [-0.4, -0.2) is 36.7 Å². The van der Waals surface area contributed by atoms with Gasteiger partial charge in [-0.05, 0) is 24.3 Å². The Morgan fingerprint density at radius 1 is 1.29 bits per heavy atom. The number of amides is 2. The van der Waals surface area contributed by atoms with Crippen LogP contribution in [0, 0.1) is 5.92 Å². The zero-order valence-electron chi connectivity index (χ0n) is 10.8. The second-order valence-corrected chi connectivity index (χ2v) is 4.90. The van der Waals surface area contributed by atoms with Crippen molar-refractivity contribution in [3.8, 4) is 0 Å². The van der Waals surface area contributed by atoms with Gasteiger partial charge in [-0.1, -0.05) is 16.8 Å². The van der Waals surface area contributed by atoms with E-state index >= 15 is 0 Å². The highest BCUT2D eigenvalue weighted by molar-refractivity contribution is 6.46. The molecule has 0 aromatic heterocycles. The third kappa shape index (κ3) is 1.97. The van der Waals surface area contributed by atoms with Crippen molar-refractivity contribution in [2.75, 3.05) is 12.0 Å². The lowest BCUT2D eigenvalue weighted by Gasteiger charge is -2.15. The maximum atomic E-state index is 12.4. The Hall–Kier alpha value is -2.41. The van der Waals surface area contributed by atoms with E-state index in [2.05, 4.69) is 9.89 Å². The van der Waals surface area contributed by atoms with Crippen molar-refractivity contribution in [1.82, 2.24) is 0 Å². The van der Waals surface area contributed by atoms with E-state index in [1.54, 1.807) is 12.1 Å². The zero-order chi connectivity index (χ0) is 15.1. The highest BCUT2D eigenvalue weighted by atomic mass is 35.5. The van der Waals surface area contributed by atoms with Crippen molar-refractivity contribution in [2.45, 2.75) is 6.10 Å². The van der Waals surface area contributed by atoms with E-state index in [4.69, 9.17) is 16.4 Å². The first-order valence-electron chi connectivity index (χ1n) is 6.00. The Morgan fingerprint density at radius 3 is 2.57 bits per heavy atom. The molecular weight excluding hydrogens is 300 g/mol. The molecule has 0 N–H and O–H groups in total. The Balaban J connectivity index is 1.95. The molecule has 2 heterocycles. The van der Waals surface area contributed by atoms with Gasteiger partial charge >= 0.3 is 5.97 Å². The van der Waals surface area contributed by atoms with E-state index in [0.29, 0.717) is 10.7 Å². The number of carbonyl (C=O) groups excluding carboxylic acids is 3. The molecule has 0 bridgehead atoms. The number of fused-ring (bicyclic) bond motifs is 1. The van der Waals surface area contributed by atoms with E-state index in [1.165, 1.54) is 12.1 Å². The number of ether oxygens (including phenoxy) is 1. The highest BCUT2D eigenvalue weighted by Crippen LogP contribution is 2.33. The van der Waals surface area contributed by atoms with Gasteiger partial charge in [-0.25, -0.2) is 9.69 Å². The number of benzene rings is 1. The molecule has 1 aromatic rings. The molecule has 0 spiro atoms. The average Bonchev–Trinajstić information content (AvgIpc) is 3.01. The molecule has 7 nitrogen and oxygen atoms in total. The summed E-state index contributed by atoms with van der Waals surface area (Å²) in [6, 6.07) is 6.19. The quantitative estimate of drug-likeness (QED) is 0.595. The summed E-state index contributed by atoms with van der Waals surface area (Å²) < 4.78 is 4.53.